The number of carbonyl (C=O) groups excluding carboxylic acids is 1. The first kappa shape index (κ1) is 13.5. The first-order valence-corrected chi connectivity index (χ1v) is 5.65. The lowest BCUT2D eigenvalue weighted by Gasteiger charge is -2.28. The van der Waals surface area contributed by atoms with Crippen molar-refractivity contribution >= 4 is 11.6 Å². The molecule has 0 aromatic heterocycles. The summed E-state index contributed by atoms with van der Waals surface area (Å²) in [6, 6.07) is 6.43. The number of aliphatic hydroxyl groups is 1. The number of rotatable bonds is 4. The van der Waals surface area contributed by atoms with Gasteiger partial charge in [0.1, 0.15) is 11.9 Å². The summed E-state index contributed by atoms with van der Waals surface area (Å²) >= 11 is 0. The predicted octanol–water partition coefficient (Wildman–Crippen LogP) is 2.13. The number of hydrogen-bond donors (Lipinski definition) is 3. The lowest BCUT2D eigenvalue weighted by Crippen LogP contribution is -2.39. The molecule has 1 rings (SSSR count). The van der Waals surface area contributed by atoms with Gasteiger partial charge in [0.2, 0.25) is 0 Å². The molecule has 0 saturated carbocycles. The van der Waals surface area contributed by atoms with Gasteiger partial charge in [-0.25, -0.2) is 0 Å². The van der Waals surface area contributed by atoms with Crippen LogP contribution in [-0.2, 0) is 4.79 Å². The van der Waals surface area contributed by atoms with Crippen LogP contribution in [0.25, 0.3) is 0 Å². The molecule has 0 aliphatic heterocycles. The molecule has 94 valence electrons. The molecular formula is C13H19NO3. The average molecular weight is 237 g/mol. The predicted molar refractivity (Wildman–Crippen MR) is 66.8 cm³/mol. The Morgan fingerprint density at radius 3 is 2.53 bits per heavy atom. The molecule has 0 aliphatic rings. The maximum Gasteiger partial charge on any atom is 0.253 e. The molecule has 4 nitrogen and oxygen atoms in total. The third kappa shape index (κ3) is 3.20. The van der Waals surface area contributed by atoms with Crippen LogP contribution < -0.4 is 5.32 Å². The van der Waals surface area contributed by atoms with Crippen molar-refractivity contribution in [3.05, 3.63) is 24.3 Å². The molecule has 0 fully saturated rings. The quantitative estimate of drug-likeness (QED) is 0.702. The van der Waals surface area contributed by atoms with E-state index < -0.39 is 17.4 Å². The number of benzene rings is 1. The number of aliphatic hydroxyl groups excluding tert-OH is 1. The minimum atomic E-state index is -1.10. The van der Waals surface area contributed by atoms with Crippen molar-refractivity contribution in [2.24, 2.45) is 5.41 Å². The van der Waals surface area contributed by atoms with Gasteiger partial charge in [-0.05, 0) is 24.0 Å². The van der Waals surface area contributed by atoms with Crippen LogP contribution in [0.4, 0.5) is 5.69 Å². The van der Waals surface area contributed by atoms with Crippen LogP contribution in [-0.4, -0.2) is 22.2 Å². The maximum atomic E-state index is 11.8. The molecule has 0 bridgehead atoms. The van der Waals surface area contributed by atoms with E-state index in [0.29, 0.717) is 12.1 Å². The highest BCUT2D eigenvalue weighted by Gasteiger charge is 2.32. The Bertz CT molecular complexity index is 401. The number of anilines is 1. The normalized spacial score (nSPS) is 13.2. The fraction of sp³-hybridized carbons (Fsp3) is 0.462. The van der Waals surface area contributed by atoms with Gasteiger partial charge in [-0.2, -0.15) is 0 Å². The summed E-state index contributed by atoms with van der Waals surface area (Å²) in [7, 11) is 0. The van der Waals surface area contributed by atoms with Crippen molar-refractivity contribution in [2.75, 3.05) is 5.32 Å². The second kappa shape index (κ2) is 5.19. The number of nitrogens with one attached hydrogen (secondary N) is 1. The zero-order valence-corrected chi connectivity index (χ0v) is 10.4. The summed E-state index contributed by atoms with van der Waals surface area (Å²) in [5.74, 6) is -0.513. The van der Waals surface area contributed by atoms with Crippen molar-refractivity contribution in [1.29, 1.82) is 0 Å². The Kier molecular flexibility index (Phi) is 4.12. The molecular weight excluding hydrogens is 218 g/mol. The molecule has 1 unspecified atom stereocenters. The van der Waals surface area contributed by atoms with Crippen LogP contribution in [0.1, 0.15) is 27.2 Å². The van der Waals surface area contributed by atoms with E-state index in [9.17, 15) is 15.0 Å². The largest absolute Gasteiger partial charge is 0.506 e. The first-order chi connectivity index (χ1) is 7.88. The molecule has 17 heavy (non-hydrogen) atoms. The molecule has 0 aliphatic carbocycles. The Labute approximate surface area is 101 Å². The summed E-state index contributed by atoms with van der Waals surface area (Å²) in [5, 5.41) is 21.9. The summed E-state index contributed by atoms with van der Waals surface area (Å²) in [6.45, 7) is 5.56. The molecule has 0 radical (unpaired) electrons. The molecule has 1 aromatic rings. The fourth-order valence-corrected chi connectivity index (χ4v) is 1.33. The van der Waals surface area contributed by atoms with E-state index in [1.807, 2.05) is 20.8 Å². The van der Waals surface area contributed by atoms with Gasteiger partial charge in [0.25, 0.3) is 5.91 Å². The third-order valence-electron chi connectivity index (χ3n) is 3.06. The second-order valence-electron chi connectivity index (χ2n) is 4.75. The van der Waals surface area contributed by atoms with E-state index in [0.717, 1.165) is 0 Å². The van der Waals surface area contributed by atoms with E-state index in [2.05, 4.69) is 5.32 Å². The Morgan fingerprint density at radius 1 is 1.41 bits per heavy atom. The molecule has 0 spiro atoms. The topological polar surface area (TPSA) is 69.6 Å². The lowest BCUT2D eigenvalue weighted by atomic mass is 9.83. The van der Waals surface area contributed by atoms with Crippen molar-refractivity contribution in [3.8, 4) is 5.75 Å². The Morgan fingerprint density at radius 2 is 2.00 bits per heavy atom. The van der Waals surface area contributed by atoms with Crippen molar-refractivity contribution in [1.82, 2.24) is 0 Å². The van der Waals surface area contributed by atoms with Gasteiger partial charge in [-0.3, -0.25) is 4.79 Å². The summed E-state index contributed by atoms with van der Waals surface area (Å²) < 4.78 is 0. The molecule has 0 saturated heterocycles. The van der Waals surface area contributed by atoms with E-state index in [1.54, 1.807) is 18.2 Å². The fourth-order valence-electron chi connectivity index (χ4n) is 1.33. The third-order valence-corrected chi connectivity index (χ3v) is 3.06. The van der Waals surface area contributed by atoms with Crippen LogP contribution in [0.15, 0.2) is 24.3 Å². The van der Waals surface area contributed by atoms with Gasteiger partial charge >= 0.3 is 0 Å². The minimum absolute atomic E-state index is 0.0117. The smallest absolute Gasteiger partial charge is 0.253 e. The highest BCUT2D eigenvalue weighted by atomic mass is 16.3. The van der Waals surface area contributed by atoms with Crippen molar-refractivity contribution in [2.45, 2.75) is 33.3 Å². The van der Waals surface area contributed by atoms with E-state index >= 15 is 0 Å². The zero-order chi connectivity index (χ0) is 13.1. The second-order valence-corrected chi connectivity index (χ2v) is 4.75. The van der Waals surface area contributed by atoms with Crippen LogP contribution in [0.3, 0.4) is 0 Å². The van der Waals surface area contributed by atoms with E-state index in [-0.39, 0.29) is 5.75 Å². The first-order valence-electron chi connectivity index (χ1n) is 5.65. The summed E-state index contributed by atoms with van der Waals surface area (Å²) in [5.41, 5.74) is -0.183. The maximum absolute atomic E-state index is 11.8. The van der Waals surface area contributed by atoms with Gasteiger partial charge in [0.15, 0.2) is 0 Å². The van der Waals surface area contributed by atoms with Crippen LogP contribution >= 0.6 is 0 Å². The summed E-state index contributed by atoms with van der Waals surface area (Å²) in [6.07, 6.45) is -0.422. The molecule has 4 heteroatoms. The Balaban J connectivity index is 2.77. The van der Waals surface area contributed by atoms with Gasteiger partial charge in [-0.15, -0.1) is 0 Å². The lowest BCUT2D eigenvalue weighted by molar-refractivity contribution is -0.129. The highest BCUT2D eigenvalue weighted by Crippen LogP contribution is 2.27. The molecule has 1 aromatic carbocycles. The molecule has 1 amide bonds. The summed E-state index contributed by atoms with van der Waals surface area (Å²) in [4.78, 5) is 11.8. The van der Waals surface area contributed by atoms with Gasteiger partial charge in [-0.1, -0.05) is 32.9 Å². The SMILES string of the molecule is CCC(C)(C)C(O)C(=O)Nc1ccccc1O. The van der Waals surface area contributed by atoms with Gasteiger partial charge in [0.05, 0.1) is 5.69 Å². The van der Waals surface area contributed by atoms with Crippen molar-refractivity contribution < 1.29 is 15.0 Å². The molecule has 0 heterocycles. The van der Waals surface area contributed by atoms with E-state index in [1.165, 1.54) is 6.07 Å². The number of amides is 1. The average Bonchev–Trinajstić information content (AvgIpc) is 2.31. The van der Waals surface area contributed by atoms with Gasteiger partial charge in [0, 0.05) is 0 Å². The zero-order valence-electron chi connectivity index (χ0n) is 10.4. The van der Waals surface area contributed by atoms with Crippen molar-refractivity contribution in [3.63, 3.8) is 0 Å². The number of para-hydroxylation sites is 2. The van der Waals surface area contributed by atoms with Crippen LogP contribution in [0.5, 0.6) is 5.75 Å². The number of hydrogen-bond acceptors (Lipinski definition) is 3. The van der Waals surface area contributed by atoms with Crippen LogP contribution in [0.2, 0.25) is 0 Å². The van der Waals surface area contributed by atoms with Gasteiger partial charge < -0.3 is 15.5 Å². The molecule has 1 atom stereocenters. The standard InChI is InChI=1S/C13H19NO3/c1-4-13(2,3)11(16)12(17)14-9-7-5-6-8-10(9)15/h5-8,11,15-16H,4H2,1-3H3,(H,14,17). The Hall–Kier alpha value is -1.55. The highest BCUT2D eigenvalue weighted by molar-refractivity contribution is 5.95. The number of aromatic hydroxyl groups is 1. The number of carbonyl (C=O) groups is 1. The number of phenolic OH excluding ortho intramolecular Hbond substituents is 1. The molecule has 3 N–H and O–H groups in total. The minimum Gasteiger partial charge on any atom is -0.506 e. The number of phenols is 1. The van der Waals surface area contributed by atoms with E-state index in [4.69, 9.17) is 0 Å². The van der Waals surface area contributed by atoms with Crippen LogP contribution in [0, 0.1) is 5.41 Å². The monoisotopic (exact) mass is 237 g/mol.